The van der Waals surface area contributed by atoms with Crippen molar-refractivity contribution in [1.82, 2.24) is 25.1 Å². The fourth-order valence-corrected chi connectivity index (χ4v) is 5.40. The van der Waals surface area contributed by atoms with Crippen molar-refractivity contribution in [3.63, 3.8) is 0 Å². The number of rotatable bonds is 6. The van der Waals surface area contributed by atoms with Crippen LogP contribution in [-0.4, -0.2) is 43.6 Å². The highest BCUT2D eigenvalue weighted by Crippen LogP contribution is 2.40. The van der Waals surface area contributed by atoms with Crippen molar-refractivity contribution in [2.45, 2.75) is 69.7 Å². The molecule has 0 aromatic carbocycles. The minimum Gasteiger partial charge on any atom is -0.329 e. The largest absolute Gasteiger partial charge is 0.329 e. The van der Waals surface area contributed by atoms with E-state index in [1.54, 1.807) is 6.20 Å². The maximum absolute atomic E-state index is 13.0. The van der Waals surface area contributed by atoms with Crippen LogP contribution in [0, 0.1) is 0 Å². The molecule has 0 radical (unpaired) electrons. The van der Waals surface area contributed by atoms with Gasteiger partial charge in [-0.05, 0) is 51.4 Å². The summed E-state index contributed by atoms with van der Waals surface area (Å²) in [5.74, 6) is 2.84. The SMILES string of the molecule is O=C(Nc1nccs1)C1CCCN1c1nc2c(c(Nc3cc(C4CC4)[nH]n3)n1)CCCCC2. The van der Waals surface area contributed by atoms with Gasteiger partial charge in [-0.25, -0.2) is 9.97 Å². The molecule has 3 aromatic rings. The molecule has 3 aliphatic rings. The van der Waals surface area contributed by atoms with E-state index in [2.05, 4.69) is 36.8 Å². The van der Waals surface area contributed by atoms with Crippen LogP contribution in [0.5, 0.6) is 0 Å². The van der Waals surface area contributed by atoms with E-state index in [1.165, 1.54) is 41.9 Å². The molecule has 172 valence electrons. The average Bonchev–Trinajstić information content (AvgIpc) is 3.17. The van der Waals surface area contributed by atoms with E-state index < -0.39 is 0 Å². The van der Waals surface area contributed by atoms with Gasteiger partial charge < -0.3 is 15.5 Å². The van der Waals surface area contributed by atoms with Crippen molar-refractivity contribution >= 4 is 40.0 Å². The molecule has 1 saturated carbocycles. The molecule has 0 bridgehead atoms. The number of aromatic nitrogens is 5. The standard InChI is InChI=1S/C23H28N8OS/c32-21(28-23-24-10-12-33-23)18-7-4-11-31(18)22-25-16-6-3-1-2-5-15(16)20(27-22)26-19-13-17(29-30-19)14-8-9-14/h10,12-14,18H,1-9,11H2,(H,24,28,32)(H2,25,26,27,29,30). The van der Waals surface area contributed by atoms with Crippen LogP contribution in [0.15, 0.2) is 17.6 Å². The minimum absolute atomic E-state index is 0.0446. The molecule has 33 heavy (non-hydrogen) atoms. The third kappa shape index (κ3) is 4.31. The molecule has 1 amide bonds. The fraction of sp³-hybridized carbons (Fsp3) is 0.522. The molecule has 6 rings (SSSR count). The van der Waals surface area contributed by atoms with Crippen LogP contribution in [0.1, 0.15) is 67.8 Å². The zero-order valence-corrected chi connectivity index (χ0v) is 19.3. The molecule has 1 atom stereocenters. The van der Waals surface area contributed by atoms with Gasteiger partial charge in [-0.15, -0.1) is 11.3 Å². The number of fused-ring (bicyclic) bond motifs is 1. The molecular weight excluding hydrogens is 436 g/mol. The van der Waals surface area contributed by atoms with Gasteiger partial charge in [0, 0.05) is 41.4 Å². The van der Waals surface area contributed by atoms with Crippen molar-refractivity contribution in [1.29, 1.82) is 0 Å². The lowest BCUT2D eigenvalue weighted by Gasteiger charge is -2.25. The number of amides is 1. The lowest BCUT2D eigenvalue weighted by molar-refractivity contribution is -0.117. The van der Waals surface area contributed by atoms with E-state index in [1.807, 2.05) is 5.38 Å². The second-order valence-electron chi connectivity index (χ2n) is 9.14. The van der Waals surface area contributed by atoms with Crippen molar-refractivity contribution in [2.24, 2.45) is 0 Å². The zero-order chi connectivity index (χ0) is 22.2. The Labute approximate surface area is 196 Å². The summed E-state index contributed by atoms with van der Waals surface area (Å²) < 4.78 is 0. The van der Waals surface area contributed by atoms with Crippen LogP contribution in [-0.2, 0) is 17.6 Å². The molecule has 2 fully saturated rings. The number of hydrogen-bond acceptors (Lipinski definition) is 8. The first kappa shape index (κ1) is 20.6. The van der Waals surface area contributed by atoms with Gasteiger partial charge in [-0.1, -0.05) is 6.42 Å². The zero-order valence-electron chi connectivity index (χ0n) is 18.5. The van der Waals surface area contributed by atoms with Crippen LogP contribution >= 0.6 is 11.3 Å². The Hall–Kier alpha value is -3.01. The number of aryl methyl sites for hydroxylation is 1. The Bertz CT molecular complexity index is 1140. The predicted octanol–water partition coefficient (Wildman–Crippen LogP) is 4.15. The summed E-state index contributed by atoms with van der Waals surface area (Å²) in [6.45, 7) is 0.766. The number of nitrogens with zero attached hydrogens (tertiary/aromatic N) is 5. The fourth-order valence-electron chi connectivity index (χ4n) is 4.87. The van der Waals surface area contributed by atoms with Gasteiger partial charge in [0.05, 0.1) is 5.69 Å². The van der Waals surface area contributed by atoms with Crippen molar-refractivity contribution in [2.75, 3.05) is 22.1 Å². The minimum atomic E-state index is -0.294. The highest BCUT2D eigenvalue weighted by molar-refractivity contribution is 7.13. The summed E-state index contributed by atoms with van der Waals surface area (Å²) in [5.41, 5.74) is 3.48. The van der Waals surface area contributed by atoms with Crippen LogP contribution in [0.25, 0.3) is 0 Å². The van der Waals surface area contributed by atoms with Gasteiger partial charge in [-0.3, -0.25) is 9.89 Å². The Balaban J connectivity index is 1.30. The molecule has 4 heterocycles. The summed E-state index contributed by atoms with van der Waals surface area (Å²) in [7, 11) is 0. The van der Waals surface area contributed by atoms with Crippen molar-refractivity contribution in [3.8, 4) is 0 Å². The number of nitrogens with one attached hydrogen (secondary N) is 3. The van der Waals surface area contributed by atoms with E-state index in [-0.39, 0.29) is 11.9 Å². The number of carbonyl (C=O) groups is 1. The Morgan fingerprint density at radius 2 is 2.03 bits per heavy atom. The molecule has 2 aliphatic carbocycles. The number of anilines is 4. The number of carbonyl (C=O) groups excluding carboxylic acids is 1. The summed E-state index contributed by atoms with van der Waals surface area (Å²) in [4.78, 5) is 29.2. The first-order valence-electron chi connectivity index (χ1n) is 11.9. The van der Waals surface area contributed by atoms with Crippen LogP contribution in [0.4, 0.5) is 22.7 Å². The predicted molar refractivity (Wildman–Crippen MR) is 128 cm³/mol. The van der Waals surface area contributed by atoms with Crippen LogP contribution in [0.2, 0.25) is 0 Å². The summed E-state index contributed by atoms with van der Waals surface area (Å²) in [6.07, 6.45) is 11.2. The van der Waals surface area contributed by atoms with Crippen molar-refractivity contribution in [3.05, 3.63) is 34.6 Å². The third-order valence-electron chi connectivity index (χ3n) is 6.76. The van der Waals surface area contributed by atoms with Crippen LogP contribution in [0.3, 0.4) is 0 Å². The van der Waals surface area contributed by atoms with Crippen LogP contribution < -0.4 is 15.5 Å². The second-order valence-corrected chi connectivity index (χ2v) is 10.0. The Morgan fingerprint density at radius 3 is 2.88 bits per heavy atom. The number of aromatic amines is 1. The normalized spacial score (nSPS) is 20.4. The summed E-state index contributed by atoms with van der Waals surface area (Å²) in [6, 6.07) is 1.81. The number of hydrogen-bond donors (Lipinski definition) is 3. The van der Waals surface area contributed by atoms with Gasteiger partial charge in [-0.2, -0.15) is 10.1 Å². The van der Waals surface area contributed by atoms with E-state index in [9.17, 15) is 4.79 Å². The van der Waals surface area contributed by atoms with E-state index in [0.29, 0.717) is 17.0 Å². The highest BCUT2D eigenvalue weighted by Gasteiger charge is 2.34. The van der Waals surface area contributed by atoms with E-state index in [4.69, 9.17) is 9.97 Å². The van der Waals surface area contributed by atoms with Gasteiger partial charge >= 0.3 is 0 Å². The lowest BCUT2D eigenvalue weighted by atomic mass is 10.1. The average molecular weight is 465 g/mol. The smallest absolute Gasteiger partial charge is 0.248 e. The van der Waals surface area contributed by atoms with Gasteiger partial charge in [0.15, 0.2) is 10.9 Å². The third-order valence-corrected chi connectivity index (χ3v) is 7.45. The molecule has 0 spiro atoms. The first-order valence-corrected chi connectivity index (χ1v) is 12.8. The molecule has 9 nitrogen and oxygen atoms in total. The Morgan fingerprint density at radius 1 is 1.12 bits per heavy atom. The molecule has 1 saturated heterocycles. The first-order chi connectivity index (χ1) is 16.2. The molecule has 3 aromatic heterocycles. The van der Waals surface area contributed by atoms with Gasteiger partial charge in [0.1, 0.15) is 11.9 Å². The molecule has 10 heteroatoms. The highest BCUT2D eigenvalue weighted by atomic mass is 32.1. The quantitative estimate of drug-likeness (QED) is 0.470. The molecule has 3 N–H and O–H groups in total. The maximum atomic E-state index is 13.0. The number of thiazole rings is 1. The maximum Gasteiger partial charge on any atom is 0.248 e. The summed E-state index contributed by atoms with van der Waals surface area (Å²) in [5, 5.41) is 16.6. The molecule has 1 unspecified atom stereocenters. The molecular formula is C23H28N8OS. The monoisotopic (exact) mass is 464 g/mol. The Kier molecular flexibility index (Phi) is 5.45. The summed E-state index contributed by atoms with van der Waals surface area (Å²) >= 11 is 1.43. The topological polar surface area (TPSA) is 112 Å². The van der Waals surface area contributed by atoms with E-state index >= 15 is 0 Å². The molecule has 1 aliphatic heterocycles. The van der Waals surface area contributed by atoms with Gasteiger partial charge in [0.2, 0.25) is 11.9 Å². The van der Waals surface area contributed by atoms with E-state index in [0.717, 1.165) is 62.4 Å². The van der Waals surface area contributed by atoms with Crippen molar-refractivity contribution < 1.29 is 4.79 Å². The number of H-pyrrole nitrogens is 1. The van der Waals surface area contributed by atoms with Gasteiger partial charge in [0.25, 0.3) is 0 Å². The second kappa shape index (κ2) is 8.74. The lowest BCUT2D eigenvalue weighted by Crippen LogP contribution is -2.40.